The summed E-state index contributed by atoms with van der Waals surface area (Å²) < 4.78 is 10.6. The molecule has 6 nitrogen and oxygen atoms in total. The van der Waals surface area contributed by atoms with Crippen LogP contribution < -0.4 is 16.2 Å². The van der Waals surface area contributed by atoms with Crippen LogP contribution in [-0.2, 0) is 4.74 Å². The molecule has 17 heavy (non-hydrogen) atoms. The zero-order valence-corrected chi connectivity index (χ0v) is 9.97. The lowest BCUT2D eigenvalue weighted by Crippen LogP contribution is -2.15. The lowest BCUT2D eigenvalue weighted by molar-refractivity contribution is 0.0542. The van der Waals surface area contributed by atoms with E-state index in [0.29, 0.717) is 19.1 Å². The third kappa shape index (κ3) is 4.28. The summed E-state index contributed by atoms with van der Waals surface area (Å²) in [6.07, 6.45) is 1.50. The van der Waals surface area contributed by atoms with Crippen molar-refractivity contribution >= 4 is 11.6 Å². The van der Waals surface area contributed by atoms with Crippen molar-refractivity contribution in [2.24, 2.45) is 5.73 Å². The highest BCUT2D eigenvalue weighted by molar-refractivity contribution is 5.97. The molecule has 1 heterocycles. The number of nitrogens with two attached hydrogens (primary N) is 2. The summed E-state index contributed by atoms with van der Waals surface area (Å²) in [5, 5.41) is 0. The number of pyridine rings is 1. The molecule has 4 N–H and O–H groups in total. The molecule has 0 bridgehead atoms. The van der Waals surface area contributed by atoms with E-state index in [9.17, 15) is 4.79 Å². The number of anilines is 1. The number of ether oxygens (including phenoxy) is 2. The second kappa shape index (κ2) is 6.05. The van der Waals surface area contributed by atoms with Gasteiger partial charge in [0.05, 0.1) is 30.2 Å². The van der Waals surface area contributed by atoms with Gasteiger partial charge in [0.2, 0.25) is 5.88 Å². The largest absolute Gasteiger partial charge is 0.475 e. The number of nitrogen functional groups attached to an aromatic ring is 1. The van der Waals surface area contributed by atoms with Crippen LogP contribution in [0, 0.1) is 0 Å². The molecule has 94 valence electrons. The van der Waals surface area contributed by atoms with Gasteiger partial charge in [-0.05, 0) is 13.8 Å². The smallest absolute Gasteiger partial charge is 0.251 e. The summed E-state index contributed by atoms with van der Waals surface area (Å²) >= 11 is 0. The van der Waals surface area contributed by atoms with Gasteiger partial charge in [0.25, 0.3) is 5.91 Å². The molecule has 0 aliphatic heterocycles. The first-order valence-corrected chi connectivity index (χ1v) is 5.30. The lowest BCUT2D eigenvalue weighted by atomic mass is 10.2. The Morgan fingerprint density at radius 3 is 2.76 bits per heavy atom. The minimum Gasteiger partial charge on any atom is -0.475 e. The third-order valence-corrected chi connectivity index (χ3v) is 1.96. The maximum atomic E-state index is 11.0. The number of carbonyl (C=O) groups excluding carboxylic acids is 1. The topological polar surface area (TPSA) is 100 Å². The molecule has 6 heteroatoms. The Kier molecular flexibility index (Phi) is 4.71. The standard InChI is InChI=1S/C11H17N3O3/c1-7(2)16-3-4-17-10-5-8(11(13)15)9(12)6-14-10/h5-7H,3-4,12H2,1-2H3,(H2,13,15). The molecular formula is C11H17N3O3. The predicted octanol–water partition coefficient (Wildman–Crippen LogP) is 0.567. The summed E-state index contributed by atoms with van der Waals surface area (Å²) in [7, 11) is 0. The Bertz CT molecular complexity index is 394. The van der Waals surface area contributed by atoms with Gasteiger partial charge in [-0.3, -0.25) is 4.79 Å². The molecule has 0 radical (unpaired) electrons. The van der Waals surface area contributed by atoms with Crippen LogP contribution >= 0.6 is 0 Å². The summed E-state index contributed by atoms with van der Waals surface area (Å²) in [5.41, 5.74) is 11.1. The number of rotatable bonds is 6. The van der Waals surface area contributed by atoms with E-state index in [-0.39, 0.29) is 17.4 Å². The van der Waals surface area contributed by atoms with Crippen LogP contribution in [0.3, 0.4) is 0 Å². The lowest BCUT2D eigenvalue weighted by Gasteiger charge is -2.09. The van der Waals surface area contributed by atoms with E-state index in [4.69, 9.17) is 20.9 Å². The average molecular weight is 239 g/mol. The molecule has 1 amide bonds. The average Bonchev–Trinajstić information content (AvgIpc) is 2.25. The Morgan fingerprint density at radius 2 is 2.18 bits per heavy atom. The Labute approximate surface area is 99.9 Å². The van der Waals surface area contributed by atoms with Crippen LogP contribution in [0.1, 0.15) is 24.2 Å². The van der Waals surface area contributed by atoms with Gasteiger partial charge in [-0.1, -0.05) is 0 Å². The van der Waals surface area contributed by atoms with Crippen LogP contribution in [0.15, 0.2) is 12.3 Å². The number of nitrogens with zero attached hydrogens (tertiary/aromatic N) is 1. The predicted molar refractivity (Wildman–Crippen MR) is 63.8 cm³/mol. The van der Waals surface area contributed by atoms with E-state index in [1.165, 1.54) is 12.3 Å². The highest BCUT2D eigenvalue weighted by Gasteiger charge is 2.08. The number of primary amides is 1. The van der Waals surface area contributed by atoms with Gasteiger partial charge in [0, 0.05) is 6.07 Å². The Morgan fingerprint density at radius 1 is 1.47 bits per heavy atom. The zero-order valence-electron chi connectivity index (χ0n) is 9.97. The monoisotopic (exact) mass is 239 g/mol. The van der Waals surface area contributed by atoms with E-state index in [2.05, 4.69) is 4.98 Å². The first-order valence-electron chi connectivity index (χ1n) is 5.30. The molecule has 0 saturated heterocycles. The first-order chi connectivity index (χ1) is 8.00. The third-order valence-electron chi connectivity index (χ3n) is 1.96. The van der Waals surface area contributed by atoms with Gasteiger partial charge in [0.1, 0.15) is 6.61 Å². The Balaban J connectivity index is 2.54. The van der Waals surface area contributed by atoms with Crippen LogP contribution in [0.2, 0.25) is 0 Å². The molecule has 1 rings (SSSR count). The molecule has 0 aliphatic rings. The number of amides is 1. The quantitative estimate of drug-likeness (QED) is 0.707. The fourth-order valence-electron chi connectivity index (χ4n) is 1.17. The van der Waals surface area contributed by atoms with E-state index >= 15 is 0 Å². The number of hydrogen-bond acceptors (Lipinski definition) is 5. The van der Waals surface area contributed by atoms with Gasteiger partial charge in [0.15, 0.2) is 0 Å². The molecule has 1 aromatic heterocycles. The molecular weight excluding hydrogens is 222 g/mol. The Hall–Kier alpha value is -1.82. The highest BCUT2D eigenvalue weighted by Crippen LogP contribution is 2.15. The molecule has 0 aromatic carbocycles. The summed E-state index contributed by atoms with van der Waals surface area (Å²) in [6, 6.07) is 1.42. The van der Waals surface area contributed by atoms with E-state index in [1.54, 1.807) is 0 Å². The van der Waals surface area contributed by atoms with Gasteiger partial charge < -0.3 is 20.9 Å². The van der Waals surface area contributed by atoms with E-state index < -0.39 is 5.91 Å². The summed E-state index contributed by atoms with van der Waals surface area (Å²) in [4.78, 5) is 15.0. The molecule has 0 atom stereocenters. The second-order valence-electron chi connectivity index (χ2n) is 3.74. The van der Waals surface area contributed by atoms with E-state index in [1.807, 2.05) is 13.8 Å². The second-order valence-corrected chi connectivity index (χ2v) is 3.74. The van der Waals surface area contributed by atoms with Crippen molar-refractivity contribution in [2.45, 2.75) is 20.0 Å². The van der Waals surface area contributed by atoms with Crippen LogP contribution in [0.5, 0.6) is 5.88 Å². The van der Waals surface area contributed by atoms with E-state index in [0.717, 1.165) is 0 Å². The molecule has 1 aromatic rings. The van der Waals surface area contributed by atoms with Crippen molar-refractivity contribution in [3.63, 3.8) is 0 Å². The minimum atomic E-state index is -0.604. The SMILES string of the molecule is CC(C)OCCOc1cc(C(N)=O)c(N)cn1. The highest BCUT2D eigenvalue weighted by atomic mass is 16.5. The van der Waals surface area contributed by atoms with Crippen LogP contribution in [0.25, 0.3) is 0 Å². The van der Waals surface area contributed by atoms with Crippen molar-refractivity contribution < 1.29 is 14.3 Å². The van der Waals surface area contributed by atoms with Crippen molar-refractivity contribution in [2.75, 3.05) is 18.9 Å². The van der Waals surface area contributed by atoms with Crippen molar-refractivity contribution in [3.05, 3.63) is 17.8 Å². The van der Waals surface area contributed by atoms with Gasteiger partial charge in [-0.15, -0.1) is 0 Å². The molecule has 0 unspecified atom stereocenters. The number of hydrogen-bond donors (Lipinski definition) is 2. The number of aromatic nitrogens is 1. The van der Waals surface area contributed by atoms with Gasteiger partial charge in [-0.25, -0.2) is 4.98 Å². The van der Waals surface area contributed by atoms with Gasteiger partial charge in [-0.2, -0.15) is 0 Å². The molecule has 0 saturated carbocycles. The maximum Gasteiger partial charge on any atom is 0.251 e. The summed E-state index contributed by atoms with van der Waals surface area (Å²) in [5.74, 6) is -0.298. The van der Waals surface area contributed by atoms with Gasteiger partial charge >= 0.3 is 0 Å². The number of carbonyl (C=O) groups is 1. The fourth-order valence-corrected chi connectivity index (χ4v) is 1.17. The minimum absolute atomic E-state index is 0.152. The van der Waals surface area contributed by atoms with Crippen molar-refractivity contribution in [3.8, 4) is 5.88 Å². The maximum absolute atomic E-state index is 11.0. The normalized spacial score (nSPS) is 10.5. The molecule has 0 spiro atoms. The molecule has 0 fully saturated rings. The molecule has 0 aliphatic carbocycles. The van der Waals surface area contributed by atoms with Crippen LogP contribution in [0.4, 0.5) is 5.69 Å². The van der Waals surface area contributed by atoms with Crippen molar-refractivity contribution in [1.82, 2.24) is 4.98 Å². The fraction of sp³-hybridized carbons (Fsp3) is 0.455. The van der Waals surface area contributed by atoms with Crippen LogP contribution in [-0.4, -0.2) is 30.2 Å². The zero-order chi connectivity index (χ0) is 12.8. The van der Waals surface area contributed by atoms with Crippen molar-refractivity contribution in [1.29, 1.82) is 0 Å². The summed E-state index contributed by atoms with van der Waals surface area (Å²) in [6.45, 7) is 4.68. The first kappa shape index (κ1) is 13.2.